The summed E-state index contributed by atoms with van der Waals surface area (Å²) in [7, 11) is 5.54. The molecule has 0 unspecified atom stereocenters. The van der Waals surface area contributed by atoms with Crippen molar-refractivity contribution in [3.05, 3.63) is 76.7 Å². The van der Waals surface area contributed by atoms with E-state index in [1.807, 2.05) is 33.2 Å². The van der Waals surface area contributed by atoms with Crippen molar-refractivity contribution in [1.82, 2.24) is 9.88 Å². The van der Waals surface area contributed by atoms with Crippen LogP contribution in [-0.2, 0) is 11.2 Å². The Balaban J connectivity index is 1.49. The Labute approximate surface area is 229 Å². The largest absolute Gasteiger partial charge is 0.485 e. The summed E-state index contributed by atoms with van der Waals surface area (Å²) in [4.78, 5) is 17.9. The third-order valence-corrected chi connectivity index (χ3v) is 8.48. The van der Waals surface area contributed by atoms with Crippen molar-refractivity contribution in [2.45, 2.75) is 57.6 Å². The molecule has 4 atom stereocenters. The van der Waals surface area contributed by atoms with Gasteiger partial charge in [-0.15, -0.1) is 0 Å². The van der Waals surface area contributed by atoms with E-state index in [1.165, 1.54) is 13.3 Å². The van der Waals surface area contributed by atoms with Crippen LogP contribution >= 0.6 is 0 Å². The van der Waals surface area contributed by atoms with Gasteiger partial charge in [0.25, 0.3) is 0 Å². The smallest absolute Gasteiger partial charge is 0.306 e. The highest BCUT2D eigenvalue weighted by Gasteiger charge is 2.39. The number of methoxy groups -OCH3 is 1. The number of carboxylic acids is 1. The van der Waals surface area contributed by atoms with E-state index >= 15 is 0 Å². The Morgan fingerprint density at radius 2 is 1.87 bits per heavy atom. The third kappa shape index (κ3) is 5.50. The number of carbonyl (C=O) groups is 1. The minimum Gasteiger partial charge on any atom is -0.485 e. The van der Waals surface area contributed by atoms with Gasteiger partial charge in [-0.2, -0.15) is 0 Å². The van der Waals surface area contributed by atoms with Crippen LogP contribution in [0.4, 0.5) is 4.39 Å². The molecule has 5 rings (SSSR count). The van der Waals surface area contributed by atoms with Crippen LogP contribution < -0.4 is 9.47 Å². The maximum Gasteiger partial charge on any atom is 0.306 e. The Bertz CT molecular complexity index is 1370. The second-order valence-corrected chi connectivity index (χ2v) is 11.2. The zero-order valence-corrected chi connectivity index (χ0v) is 23.3. The zero-order chi connectivity index (χ0) is 27.8. The van der Waals surface area contributed by atoms with E-state index in [9.17, 15) is 14.3 Å². The second kappa shape index (κ2) is 11.0. The Hall–Kier alpha value is -3.45. The molecular formula is C32H37FN2O4. The van der Waals surface area contributed by atoms with Crippen molar-refractivity contribution in [1.29, 1.82) is 0 Å². The van der Waals surface area contributed by atoms with Crippen molar-refractivity contribution < 1.29 is 23.8 Å². The van der Waals surface area contributed by atoms with Crippen LogP contribution in [-0.4, -0.2) is 42.2 Å². The van der Waals surface area contributed by atoms with E-state index in [2.05, 4.69) is 41.1 Å². The van der Waals surface area contributed by atoms with E-state index in [0.29, 0.717) is 17.4 Å². The van der Waals surface area contributed by atoms with Crippen molar-refractivity contribution in [2.24, 2.45) is 11.8 Å². The molecule has 2 heterocycles. The third-order valence-electron chi connectivity index (χ3n) is 8.48. The zero-order valence-electron chi connectivity index (χ0n) is 23.3. The number of hydrogen-bond acceptors (Lipinski definition) is 5. The van der Waals surface area contributed by atoms with Crippen molar-refractivity contribution in [2.75, 3.05) is 21.2 Å². The number of hydrogen-bond donors (Lipinski definition) is 1. The fourth-order valence-corrected chi connectivity index (χ4v) is 5.79. The molecular weight excluding hydrogens is 495 g/mol. The predicted molar refractivity (Wildman–Crippen MR) is 149 cm³/mol. The van der Waals surface area contributed by atoms with Gasteiger partial charge in [-0.05, 0) is 98.5 Å². The Kier molecular flexibility index (Phi) is 7.63. The normalized spacial score (nSPS) is 19.1. The van der Waals surface area contributed by atoms with Crippen molar-refractivity contribution in [3.8, 4) is 22.8 Å². The lowest BCUT2D eigenvalue weighted by Gasteiger charge is -2.30. The van der Waals surface area contributed by atoms with Crippen LogP contribution in [0.1, 0.15) is 73.4 Å². The molecule has 1 aromatic heterocycles. The summed E-state index contributed by atoms with van der Waals surface area (Å²) in [6.45, 7) is 3.91. The molecule has 1 aliphatic carbocycles. The van der Waals surface area contributed by atoms with Gasteiger partial charge >= 0.3 is 5.97 Å². The maximum atomic E-state index is 14.9. The number of ether oxygens (including phenoxy) is 2. The molecule has 1 saturated carbocycles. The molecule has 1 N–H and O–H groups in total. The number of benzene rings is 2. The highest BCUT2D eigenvalue weighted by Crippen LogP contribution is 2.48. The molecule has 3 aromatic rings. The van der Waals surface area contributed by atoms with E-state index in [1.54, 1.807) is 6.07 Å². The Morgan fingerprint density at radius 3 is 2.54 bits per heavy atom. The quantitative estimate of drug-likeness (QED) is 0.327. The first-order chi connectivity index (χ1) is 18.7. The van der Waals surface area contributed by atoms with E-state index in [0.717, 1.165) is 59.3 Å². The summed E-state index contributed by atoms with van der Waals surface area (Å²) in [5.41, 5.74) is 5.49. The van der Waals surface area contributed by atoms with E-state index in [-0.39, 0.29) is 18.1 Å². The molecule has 1 fully saturated rings. The molecule has 39 heavy (non-hydrogen) atoms. The fraction of sp³-hybridized carbons (Fsp3) is 0.438. The molecule has 206 valence electrons. The highest BCUT2D eigenvalue weighted by molar-refractivity contribution is 5.71. The predicted octanol–water partition coefficient (Wildman–Crippen LogP) is 6.80. The number of carboxylic acid groups (broad SMARTS) is 1. The number of halogens is 1. The van der Waals surface area contributed by atoms with E-state index < -0.39 is 17.7 Å². The molecule has 0 saturated heterocycles. The molecule has 2 aliphatic rings. The minimum absolute atomic E-state index is 0.00384. The summed E-state index contributed by atoms with van der Waals surface area (Å²) in [5, 5.41) is 9.71. The van der Waals surface area contributed by atoms with Gasteiger partial charge in [0.1, 0.15) is 17.7 Å². The van der Waals surface area contributed by atoms with Gasteiger partial charge in [0.15, 0.2) is 0 Å². The molecule has 7 heteroatoms. The minimum atomic E-state index is -0.755. The van der Waals surface area contributed by atoms with Crippen LogP contribution in [0.25, 0.3) is 11.1 Å². The molecule has 0 amide bonds. The monoisotopic (exact) mass is 532 g/mol. The standard InChI is InChI=1S/C32H37FN2O4/c1-18(32(36)37)31(21-7-8-21)23-9-6-20-11-13-28(39-29(20)15-23)22-10-12-24(25(14-22)19(2)35(3)4)26-16-30(38-5)34-17-27(26)33/h6,9-10,12,14-19,21,28,31H,7-8,11,13H2,1-5H3,(H,36,37)/t18-,19+,28+,31-/m0/s1. The molecule has 6 nitrogen and oxygen atoms in total. The van der Waals surface area contributed by atoms with Crippen LogP contribution in [0.15, 0.2) is 48.7 Å². The van der Waals surface area contributed by atoms with Crippen LogP contribution in [0.2, 0.25) is 0 Å². The lowest BCUT2D eigenvalue weighted by Crippen LogP contribution is -2.22. The van der Waals surface area contributed by atoms with Gasteiger partial charge < -0.3 is 19.5 Å². The SMILES string of the molecule is COc1cc(-c2ccc([C@H]3CCc4ccc([C@H](C5CC5)[C@H](C)C(=O)O)cc4O3)cc2[C@@H](C)N(C)C)c(F)cn1. The first kappa shape index (κ1) is 27.1. The maximum absolute atomic E-state index is 14.9. The average Bonchev–Trinajstić information content (AvgIpc) is 3.77. The summed E-state index contributed by atoms with van der Waals surface area (Å²) in [6.07, 6.45) is 4.90. The van der Waals surface area contributed by atoms with Crippen LogP contribution in [0.5, 0.6) is 11.6 Å². The molecule has 0 radical (unpaired) electrons. The van der Waals surface area contributed by atoms with Crippen LogP contribution in [0, 0.1) is 17.7 Å². The average molecular weight is 533 g/mol. The topological polar surface area (TPSA) is 71.9 Å². The van der Waals surface area contributed by atoms with Gasteiger partial charge in [0.2, 0.25) is 5.88 Å². The van der Waals surface area contributed by atoms with Gasteiger partial charge in [-0.1, -0.05) is 31.2 Å². The number of aryl methyl sites for hydroxylation is 1. The first-order valence-electron chi connectivity index (χ1n) is 13.7. The Morgan fingerprint density at radius 1 is 1.10 bits per heavy atom. The number of nitrogens with zero attached hydrogens (tertiary/aromatic N) is 2. The number of fused-ring (bicyclic) bond motifs is 1. The van der Waals surface area contributed by atoms with Crippen LogP contribution in [0.3, 0.4) is 0 Å². The van der Waals surface area contributed by atoms with Gasteiger partial charge in [-0.25, -0.2) is 9.37 Å². The second-order valence-electron chi connectivity index (χ2n) is 11.2. The summed E-state index contributed by atoms with van der Waals surface area (Å²) < 4.78 is 26.8. The summed E-state index contributed by atoms with van der Waals surface area (Å²) in [6, 6.07) is 14.0. The van der Waals surface area contributed by atoms with Gasteiger partial charge in [-0.3, -0.25) is 4.79 Å². The number of aromatic nitrogens is 1. The van der Waals surface area contributed by atoms with Gasteiger partial charge in [0.05, 0.1) is 19.2 Å². The molecule has 1 aliphatic heterocycles. The number of rotatable bonds is 9. The number of aliphatic carboxylic acids is 1. The summed E-state index contributed by atoms with van der Waals surface area (Å²) >= 11 is 0. The van der Waals surface area contributed by atoms with Crippen molar-refractivity contribution in [3.63, 3.8) is 0 Å². The summed E-state index contributed by atoms with van der Waals surface area (Å²) in [5.74, 6) is 0.0251. The molecule has 2 aromatic carbocycles. The van der Waals surface area contributed by atoms with Crippen molar-refractivity contribution >= 4 is 5.97 Å². The van der Waals surface area contributed by atoms with E-state index in [4.69, 9.17) is 9.47 Å². The lowest BCUT2D eigenvalue weighted by molar-refractivity contribution is -0.142. The fourth-order valence-electron chi connectivity index (χ4n) is 5.79. The molecule has 0 bridgehead atoms. The highest BCUT2D eigenvalue weighted by atomic mass is 19.1. The number of pyridine rings is 1. The van der Waals surface area contributed by atoms with Gasteiger partial charge in [0, 0.05) is 17.7 Å². The first-order valence-corrected chi connectivity index (χ1v) is 13.7. The lowest BCUT2D eigenvalue weighted by atomic mass is 9.82. The molecule has 0 spiro atoms.